The third-order valence-electron chi connectivity index (χ3n) is 12.6. The Labute approximate surface area is 322 Å². The van der Waals surface area contributed by atoms with Crippen LogP contribution in [0, 0.1) is 23.7 Å². The molecule has 3 aliphatic rings. The van der Waals surface area contributed by atoms with E-state index in [1.54, 1.807) is 55.4 Å². The summed E-state index contributed by atoms with van der Waals surface area (Å²) in [5.74, 6) is -4.23. The number of methoxy groups -OCH3 is 1. The molecule has 54 heavy (non-hydrogen) atoms. The highest BCUT2D eigenvalue weighted by atomic mass is 16.7. The maximum Gasteiger partial charge on any atom is 0.311 e. The zero-order valence-corrected chi connectivity index (χ0v) is 34.6. The van der Waals surface area contributed by atoms with Crippen molar-refractivity contribution < 1.29 is 69.0 Å². The summed E-state index contributed by atoms with van der Waals surface area (Å²) in [7, 11) is 3.34. The fourth-order valence-corrected chi connectivity index (χ4v) is 9.00. The number of ether oxygens (including phenoxy) is 6. The molecular weight excluding hydrogens is 706 g/mol. The molecule has 3 rings (SSSR count). The van der Waals surface area contributed by atoms with Crippen LogP contribution in [0.15, 0.2) is 0 Å². The van der Waals surface area contributed by atoms with Crippen LogP contribution in [-0.4, -0.2) is 164 Å². The van der Waals surface area contributed by atoms with Crippen LogP contribution in [0.3, 0.4) is 0 Å². The lowest BCUT2D eigenvalue weighted by Gasteiger charge is -2.49. The number of aliphatic hydroxyl groups excluding tert-OH is 5. The Morgan fingerprint density at radius 3 is 2.09 bits per heavy atom. The van der Waals surface area contributed by atoms with Crippen molar-refractivity contribution in [1.82, 2.24) is 4.90 Å². The number of nitrogens with zero attached hydrogens (tertiary/aromatic N) is 1. The molecule has 15 nitrogen and oxygen atoms in total. The predicted octanol–water partition coefficient (Wildman–Crippen LogP) is 1.33. The van der Waals surface area contributed by atoms with Gasteiger partial charge in [0, 0.05) is 44.6 Å². The van der Waals surface area contributed by atoms with Crippen molar-refractivity contribution in [2.24, 2.45) is 23.7 Å². The van der Waals surface area contributed by atoms with Crippen LogP contribution in [0.1, 0.15) is 101 Å². The minimum atomic E-state index is -1.95. The first-order chi connectivity index (χ1) is 25.0. The zero-order valence-electron chi connectivity index (χ0n) is 34.6. The van der Waals surface area contributed by atoms with Gasteiger partial charge in [-0.05, 0) is 80.2 Å². The number of hydrogen-bond donors (Lipinski definition) is 7. The first kappa shape index (κ1) is 47.3. The fraction of sp³-hybridized carbons (Fsp3) is 0.974. The van der Waals surface area contributed by atoms with E-state index in [0.29, 0.717) is 19.4 Å². The summed E-state index contributed by atoms with van der Waals surface area (Å²) in [4.78, 5) is 16.1. The van der Waals surface area contributed by atoms with Crippen molar-refractivity contribution in [3.05, 3.63) is 0 Å². The van der Waals surface area contributed by atoms with E-state index in [1.807, 2.05) is 18.9 Å². The smallest absolute Gasteiger partial charge is 0.311 e. The fourth-order valence-electron chi connectivity index (χ4n) is 9.00. The summed E-state index contributed by atoms with van der Waals surface area (Å²) in [6, 6.07) is -0.401. The molecule has 0 saturated carbocycles. The number of aliphatic hydroxyl groups is 7. The lowest BCUT2D eigenvalue weighted by molar-refractivity contribution is -0.318. The lowest BCUT2D eigenvalue weighted by atomic mass is 9.73. The SMILES string of the molecule is CC[C@H]1OC(=O)[C@H](C)[C@@H](O[C@@H]2C[C@@](C)(OC)[C@@H](O)[C@H](C)O2)[C@H](C)[C@@H](O[C@@H]2O[C@H](C)C[C@H](N(C)CCCO)[C@H]2O)[C@](C)(O)C[C@@H](C)[C@H](O)[C@H](C)[C@@H](O)[C@]1(C)O. The van der Waals surface area contributed by atoms with Gasteiger partial charge in [-0.15, -0.1) is 0 Å². The van der Waals surface area contributed by atoms with Crippen molar-refractivity contribution in [2.75, 3.05) is 27.3 Å². The van der Waals surface area contributed by atoms with E-state index in [0.717, 1.165) is 0 Å². The summed E-state index contributed by atoms with van der Waals surface area (Å²) in [6.45, 7) is 17.1. The molecule has 0 radical (unpaired) electrons. The Kier molecular flexibility index (Phi) is 16.8. The Bertz CT molecular complexity index is 1180. The molecule has 318 valence electrons. The molecule has 0 amide bonds. The van der Waals surface area contributed by atoms with Crippen LogP contribution in [0.25, 0.3) is 0 Å². The van der Waals surface area contributed by atoms with Crippen LogP contribution in [0.2, 0.25) is 0 Å². The van der Waals surface area contributed by atoms with Crippen molar-refractivity contribution >= 4 is 5.97 Å². The quantitative estimate of drug-likeness (QED) is 0.156. The van der Waals surface area contributed by atoms with Crippen LogP contribution >= 0.6 is 0 Å². The van der Waals surface area contributed by atoms with Crippen LogP contribution in [0.5, 0.6) is 0 Å². The highest BCUT2D eigenvalue weighted by Crippen LogP contribution is 2.41. The molecule has 0 spiro atoms. The number of carbonyl (C=O) groups excluding carboxylic acids is 1. The van der Waals surface area contributed by atoms with Crippen molar-refractivity contribution in [3.8, 4) is 0 Å². The highest BCUT2D eigenvalue weighted by molar-refractivity contribution is 5.73. The van der Waals surface area contributed by atoms with Crippen LogP contribution in [0.4, 0.5) is 0 Å². The van der Waals surface area contributed by atoms with Gasteiger partial charge in [0.1, 0.15) is 23.9 Å². The zero-order chi connectivity index (χ0) is 41.1. The lowest BCUT2D eigenvalue weighted by Crippen LogP contribution is -2.61. The van der Waals surface area contributed by atoms with Gasteiger partial charge < -0.3 is 69.1 Å². The van der Waals surface area contributed by atoms with Crippen molar-refractivity contribution in [2.45, 2.75) is 192 Å². The monoisotopic (exact) mass is 780 g/mol. The largest absolute Gasteiger partial charge is 0.459 e. The van der Waals surface area contributed by atoms with Crippen molar-refractivity contribution in [1.29, 1.82) is 0 Å². The summed E-state index contributed by atoms with van der Waals surface area (Å²) < 4.78 is 37.3. The number of rotatable bonds is 10. The first-order valence-corrected chi connectivity index (χ1v) is 19.8. The number of carbonyl (C=O) groups is 1. The Morgan fingerprint density at radius 1 is 0.889 bits per heavy atom. The minimum absolute atomic E-state index is 0.00813. The molecule has 7 N–H and O–H groups in total. The van der Waals surface area contributed by atoms with Gasteiger partial charge >= 0.3 is 5.97 Å². The molecule has 0 aliphatic carbocycles. The van der Waals surface area contributed by atoms with Crippen molar-refractivity contribution in [3.63, 3.8) is 0 Å². The van der Waals surface area contributed by atoms with Gasteiger partial charge in [0.25, 0.3) is 0 Å². The molecule has 3 fully saturated rings. The second-order valence-electron chi connectivity index (χ2n) is 17.3. The maximum absolute atomic E-state index is 14.2. The summed E-state index contributed by atoms with van der Waals surface area (Å²) in [6.07, 6.45) is -10.4. The maximum atomic E-state index is 14.2. The molecular formula is C39H73NO14. The Hall–Kier alpha value is -1.05. The van der Waals surface area contributed by atoms with E-state index in [4.69, 9.17) is 28.4 Å². The molecule has 0 unspecified atom stereocenters. The molecule has 3 heterocycles. The second kappa shape index (κ2) is 19.1. The van der Waals surface area contributed by atoms with E-state index < -0.39 is 114 Å². The van der Waals surface area contributed by atoms with E-state index >= 15 is 0 Å². The predicted molar refractivity (Wildman–Crippen MR) is 198 cm³/mol. The standard InChI is InChI=1S/C39H73NO14/c1-13-27-39(10,48)32(44)22(4)29(42)20(2)18-37(8,47)34(54-36-30(43)26(17-21(3)50-36)40(11)15-14-16-41)23(5)31(24(6)35(46)52-27)53-28-19-38(9,49-12)33(45)25(7)51-28/h20-34,36,41-45,47-48H,13-19H2,1-12H3/t20-,21-,22+,23+,24-,25+,26+,27-,28-,29+,30-,31+,32-,33+,34-,36+,37-,38-,39-/m1/s1. The molecule has 0 bridgehead atoms. The van der Waals surface area contributed by atoms with Gasteiger partial charge in [0.15, 0.2) is 12.6 Å². The number of hydrogen-bond acceptors (Lipinski definition) is 15. The van der Waals surface area contributed by atoms with Gasteiger partial charge in [-0.1, -0.05) is 27.7 Å². The number of cyclic esters (lactones) is 1. The summed E-state index contributed by atoms with van der Waals surface area (Å²) in [5, 5.41) is 79.2. The number of likely N-dealkylation sites (N-methyl/N-ethyl adjacent to an activating group) is 1. The summed E-state index contributed by atoms with van der Waals surface area (Å²) >= 11 is 0. The topological polar surface area (TPSA) is 217 Å². The second-order valence-corrected chi connectivity index (χ2v) is 17.3. The summed E-state index contributed by atoms with van der Waals surface area (Å²) in [5.41, 5.74) is -4.78. The molecule has 3 saturated heterocycles. The molecule has 0 aromatic heterocycles. The first-order valence-electron chi connectivity index (χ1n) is 19.8. The van der Waals surface area contributed by atoms with Gasteiger partial charge in [0.2, 0.25) is 0 Å². The number of esters is 1. The highest BCUT2D eigenvalue weighted by Gasteiger charge is 2.53. The van der Waals surface area contributed by atoms with Gasteiger partial charge in [-0.2, -0.15) is 0 Å². The third-order valence-corrected chi connectivity index (χ3v) is 12.6. The Morgan fingerprint density at radius 2 is 1.52 bits per heavy atom. The van der Waals surface area contributed by atoms with E-state index in [2.05, 4.69) is 0 Å². The average Bonchev–Trinajstić information content (AvgIpc) is 3.11. The minimum Gasteiger partial charge on any atom is -0.459 e. The van der Waals surface area contributed by atoms with E-state index in [1.165, 1.54) is 14.0 Å². The average molecular weight is 780 g/mol. The van der Waals surface area contributed by atoms with Gasteiger partial charge in [-0.3, -0.25) is 4.79 Å². The third kappa shape index (κ3) is 10.5. The van der Waals surface area contributed by atoms with Gasteiger partial charge in [-0.25, -0.2) is 0 Å². The van der Waals surface area contributed by atoms with Crippen LogP contribution < -0.4 is 0 Å². The van der Waals surface area contributed by atoms with E-state index in [-0.39, 0.29) is 32.0 Å². The Balaban J connectivity index is 2.17. The molecule has 15 heteroatoms. The molecule has 3 aliphatic heterocycles. The molecule has 0 aromatic rings. The van der Waals surface area contributed by atoms with E-state index in [9.17, 15) is 40.5 Å². The van der Waals surface area contributed by atoms with Gasteiger partial charge in [0.05, 0.1) is 53.7 Å². The molecule has 0 aromatic carbocycles. The normalized spacial score (nSPS) is 49.0. The molecule has 19 atom stereocenters. The van der Waals surface area contributed by atoms with Crippen LogP contribution in [-0.2, 0) is 33.2 Å².